The highest BCUT2D eigenvalue weighted by atomic mass is 16.7. The molecule has 2 saturated carbocycles. The van der Waals surface area contributed by atoms with Crippen molar-refractivity contribution in [3.63, 3.8) is 0 Å². The summed E-state index contributed by atoms with van der Waals surface area (Å²) in [5.41, 5.74) is 0. The fourth-order valence-electron chi connectivity index (χ4n) is 2.02. The third-order valence-electron chi connectivity index (χ3n) is 3.10. The highest BCUT2D eigenvalue weighted by Gasteiger charge is 2.28. The van der Waals surface area contributed by atoms with E-state index in [0.29, 0.717) is 0 Å². The number of hydrogen-bond donors (Lipinski definition) is 0. The third-order valence-corrected chi connectivity index (χ3v) is 3.10. The Balaban J connectivity index is 1.67. The van der Waals surface area contributed by atoms with Crippen molar-refractivity contribution in [2.45, 2.75) is 70.0 Å². The number of rotatable bonds is 2. The highest BCUT2D eigenvalue weighted by Crippen LogP contribution is 2.25. The van der Waals surface area contributed by atoms with E-state index in [1.807, 2.05) is 0 Å². The number of ether oxygens (including phenoxy) is 2. The van der Waals surface area contributed by atoms with Crippen molar-refractivity contribution in [3.05, 3.63) is 0 Å². The fraction of sp³-hybridized carbons (Fsp3) is 0.917. The Kier molecular flexibility index (Phi) is 3.87. The minimum atomic E-state index is -0.442. The lowest BCUT2D eigenvalue weighted by molar-refractivity contribution is 0.0108. The van der Waals surface area contributed by atoms with Crippen LogP contribution in [0, 0.1) is 0 Å². The number of carbonyl (C=O) groups excluding carboxylic acids is 1. The number of hydrogen-bond acceptors (Lipinski definition) is 3. The van der Waals surface area contributed by atoms with Gasteiger partial charge in [0, 0.05) is 0 Å². The second-order valence-electron chi connectivity index (χ2n) is 4.65. The smallest absolute Gasteiger partial charge is 0.431 e. The second-order valence-corrected chi connectivity index (χ2v) is 4.65. The molecule has 0 heterocycles. The van der Waals surface area contributed by atoms with Crippen LogP contribution in [0.1, 0.15) is 57.8 Å². The van der Waals surface area contributed by atoms with Crippen LogP contribution in [0.4, 0.5) is 4.79 Å². The van der Waals surface area contributed by atoms with Crippen LogP contribution < -0.4 is 0 Å². The third kappa shape index (κ3) is 4.10. The van der Waals surface area contributed by atoms with E-state index < -0.39 is 6.16 Å². The van der Waals surface area contributed by atoms with Gasteiger partial charge in [-0.05, 0) is 38.5 Å². The van der Waals surface area contributed by atoms with Crippen LogP contribution in [-0.2, 0) is 9.47 Å². The molecular weight excluding hydrogens is 192 g/mol. The van der Waals surface area contributed by atoms with Crippen LogP contribution in [0.3, 0.4) is 0 Å². The van der Waals surface area contributed by atoms with Crippen LogP contribution in [-0.4, -0.2) is 18.4 Å². The maximum atomic E-state index is 11.3. The molecule has 0 aromatic carbocycles. The molecule has 0 aromatic heterocycles. The molecule has 0 atom stereocenters. The lowest BCUT2D eigenvalue weighted by Gasteiger charge is -2.19. The normalized spacial score (nSPS) is 24.0. The molecule has 2 aliphatic rings. The van der Waals surface area contributed by atoms with Crippen molar-refractivity contribution in [3.8, 4) is 0 Å². The van der Waals surface area contributed by atoms with Gasteiger partial charge in [0.25, 0.3) is 0 Å². The van der Waals surface area contributed by atoms with E-state index in [-0.39, 0.29) is 12.2 Å². The first-order valence-electron chi connectivity index (χ1n) is 6.22. The van der Waals surface area contributed by atoms with Crippen molar-refractivity contribution in [2.24, 2.45) is 0 Å². The monoisotopic (exact) mass is 212 g/mol. The van der Waals surface area contributed by atoms with Crippen LogP contribution in [0.25, 0.3) is 0 Å². The first-order chi connectivity index (χ1) is 7.34. The lowest BCUT2D eigenvalue weighted by Crippen LogP contribution is -2.20. The Hall–Kier alpha value is -0.730. The molecule has 0 radical (unpaired) electrons. The summed E-state index contributed by atoms with van der Waals surface area (Å²) >= 11 is 0. The SMILES string of the molecule is O=C(OC1CCCCCCC1)OC1CC1. The molecule has 0 unspecified atom stereocenters. The van der Waals surface area contributed by atoms with E-state index in [9.17, 15) is 4.79 Å². The van der Waals surface area contributed by atoms with Crippen molar-refractivity contribution in [1.82, 2.24) is 0 Å². The van der Waals surface area contributed by atoms with Crippen molar-refractivity contribution >= 4 is 6.16 Å². The molecule has 2 rings (SSSR count). The lowest BCUT2D eigenvalue weighted by atomic mass is 9.99. The topological polar surface area (TPSA) is 35.5 Å². The molecule has 3 heteroatoms. The van der Waals surface area contributed by atoms with E-state index in [0.717, 1.165) is 25.7 Å². The van der Waals surface area contributed by atoms with Crippen LogP contribution in [0.2, 0.25) is 0 Å². The van der Waals surface area contributed by atoms with E-state index in [1.54, 1.807) is 0 Å². The predicted octanol–water partition coefficient (Wildman–Crippen LogP) is 3.41. The Morgan fingerprint density at radius 3 is 1.73 bits per heavy atom. The van der Waals surface area contributed by atoms with Crippen LogP contribution in [0.15, 0.2) is 0 Å². The van der Waals surface area contributed by atoms with Crippen molar-refractivity contribution in [2.75, 3.05) is 0 Å². The molecule has 0 saturated heterocycles. The summed E-state index contributed by atoms with van der Waals surface area (Å²) in [6, 6.07) is 0. The molecule has 0 aromatic rings. The highest BCUT2D eigenvalue weighted by molar-refractivity contribution is 5.60. The minimum absolute atomic E-state index is 0.108. The second kappa shape index (κ2) is 5.38. The Bertz CT molecular complexity index is 203. The molecule has 0 aliphatic heterocycles. The minimum Gasteiger partial charge on any atom is -0.431 e. The first kappa shape index (κ1) is 10.8. The van der Waals surface area contributed by atoms with Gasteiger partial charge >= 0.3 is 6.16 Å². The maximum absolute atomic E-state index is 11.3. The van der Waals surface area contributed by atoms with Crippen LogP contribution >= 0.6 is 0 Å². The van der Waals surface area contributed by atoms with Gasteiger partial charge in [-0.1, -0.05) is 19.3 Å². The zero-order chi connectivity index (χ0) is 10.5. The van der Waals surface area contributed by atoms with Crippen molar-refractivity contribution < 1.29 is 14.3 Å². The molecule has 0 N–H and O–H groups in total. The van der Waals surface area contributed by atoms with E-state index in [2.05, 4.69) is 0 Å². The number of carbonyl (C=O) groups is 1. The molecule has 2 aliphatic carbocycles. The molecule has 0 spiro atoms. The zero-order valence-corrected chi connectivity index (χ0v) is 9.24. The van der Waals surface area contributed by atoms with Crippen molar-refractivity contribution in [1.29, 1.82) is 0 Å². The molecule has 2 fully saturated rings. The quantitative estimate of drug-likeness (QED) is 0.658. The standard InChI is InChI=1S/C12H20O3/c13-12(15-11-8-9-11)14-10-6-4-2-1-3-5-7-10/h10-11H,1-9H2. The van der Waals surface area contributed by atoms with E-state index >= 15 is 0 Å². The maximum Gasteiger partial charge on any atom is 0.508 e. The van der Waals surface area contributed by atoms with Gasteiger partial charge in [-0.15, -0.1) is 0 Å². The molecule has 3 nitrogen and oxygen atoms in total. The molecule has 86 valence electrons. The molecule has 0 bridgehead atoms. The summed E-state index contributed by atoms with van der Waals surface area (Å²) < 4.78 is 10.4. The summed E-state index contributed by atoms with van der Waals surface area (Å²) in [5, 5.41) is 0. The first-order valence-corrected chi connectivity index (χ1v) is 6.22. The van der Waals surface area contributed by atoms with E-state index in [4.69, 9.17) is 9.47 Å². The van der Waals surface area contributed by atoms with Crippen LogP contribution in [0.5, 0.6) is 0 Å². The van der Waals surface area contributed by atoms with Gasteiger partial charge in [-0.25, -0.2) is 4.79 Å². The Morgan fingerprint density at radius 1 is 0.733 bits per heavy atom. The Morgan fingerprint density at radius 2 is 1.20 bits per heavy atom. The fourth-order valence-corrected chi connectivity index (χ4v) is 2.02. The summed E-state index contributed by atoms with van der Waals surface area (Å²) in [6.07, 6.45) is 10.1. The van der Waals surface area contributed by atoms with Gasteiger partial charge < -0.3 is 9.47 Å². The zero-order valence-electron chi connectivity index (χ0n) is 9.24. The van der Waals surface area contributed by atoms with Gasteiger partial charge in [-0.2, -0.15) is 0 Å². The molecular formula is C12H20O3. The predicted molar refractivity (Wildman–Crippen MR) is 56.7 cm³/mol. The largest absolute Gasteiger partial charge is 0.508 e. The molecule has 15 heavy (non-hydrogen) atoms. The molecule has 0 amide bonds. The van der Waals surface area contributed by atoms with Gasteiger partial charge in [0.2, 0.25) is 0 Å². The van der Waals surface area contributed by atoms with Gasteiger partial charge in [0.1, 0.15) is 12.2 Å². The van der Waals surface area contributed by atoms with Gasteiger partial charge in [-0.3, -0.25) is 0 Å². The van der Waals surface area contributed by atoms with Gasteiger partial charge in [0.15, 0.2) is 0 Å². The average Bonchev–Trinajstić information content (AvgIpc) is 2.93. The average molecular weight is 212 g/mol. The van der Waals surface area contributed by atoms with E-state index in [1.165, 1.54) is 32.1 Å². The summed E-state index contributed by atoms with van der Waals surface area (Å²) in [6.45, 7) is 0. The Labute approximate surface area is 91.1 Å². The summed E-state index contributed by atoms with van der Waals surface area (Å²) in [7, 11) is 0. The van der Waals surface area contributed by atoms with Gasteiger partial charge in [0.05, 0.1) is 0 Å². The summed E-state index contributed by atoms with van der Waals surface area (Å²) in [4.78, 5) is 11.3. The summed E-state index contributed by atoms with van der Waals surface area (Å²) in [5.74, 6) is 0.